The van der Waals surface area contributed by atoms with Crippen molar-refractivity contribution >= 4 is 17.6 Å². The third-order valence-corrected chi connectivity index (χ3v) is 1.90. The van der Waals surface area contributed by atoms with Crippen molar-refractivity contribution in [3.05, 3.63) is 36.7 Å². The van der Waals surface area contributed by atoms with Crippen LogP contribution < -0.4 is 5.32 Å². The second-order valence-corrected chi connectivity index (χ2v) is 3.10. The van der Waals surface area contributed by atoms with Gasteiger partial charge in [-0.15, -0.1) is 6.58 Å². The van der Waals surface area contributed by atoms with Crippen LogP contribution in [0.25, 0.3) is 0 Å². The lowest BCUT2D eigenvalue weighted by Crippen LogP contribution is -2.14. The molecule has 0 aliphatic heterocycles. The van der Waals surface area contributed by atoms with E-state index in [0.717, 1.165) is 0 Å². The first-order valence-electron chi connectivity index (χ1n) is 4.73. The van der Waals surface area contributed by atoms with Crippen LogP contribution >= 0.6 is 0 Å². The summed E-state index contributed by atoms with van der Waals surface area (Å²) in [5.74, 6) is -1.35. The summed E-state index contributed by atoms with van der Waals surface area (Å²) in [5, 5.41) is 11.4. The van der Waals surface area contributed by atoms with E-state index in [4.69, 9.17) is 5.11 Å². The largest absolute Gasteiger partial charge is 0.478 e. The highest BCUT2D eigenvalue weighted by atomic mass is 16.4. The first-order chi connectivity index (χ1) is 7.65. The van der Waals surface area contributed by atoms with Gasteiger partial charge in [-0.25, -0.2) is 4.79 Å². The molecule has 0 unspecified atom stereocenters. The van der Waals surface area contributed by atoms with Gasteiger partial charge in [0.2, 0.25) is 5.91 Å². The van der Waals surface area contributed by atoms with Gasteiger partial charge in [-0.3, -0.25) is 9.78 Å². The smallest absolute Gasteiger partial charge is 0.337 e. The summed E-state index contributed by atoms with van der Waals surface area (Å²) >= 11 is 0. The Morgan fingerprint density at radius 1 is 1.56 bits per heavy atom. The van der Waals surface area contributed by atoms with Crippen molar-refractivity contribution in [1.29, 1.82) is 0 Å². The molecule has 1 aromatic heterocycles. The number of nitrogens with one attached hydrogen (secondary N) is 1. The lowest BCUT2D eigenvalue weighted by molar-refractivity contribution is -0.116. The quantitative estimate of drug-likeness (QED) is 0.740. The van der Waals surface area contributed by atoms with Crippen molar-refractivity contribution < 1.29 is 14.7 Å². The number of aromatic carboxylic acids is 1. The predicted molar refractivity (Wildman–Crippen MR) is 59.3 cm³/mol. The van der Waals surface area contributed by atoms with Crippen molar-refractivity contribution in [3.63, 3.8) is 0 Å². The van der Waals surface area contributed by atoms with Crippen LogP contribution in [0, 0.1) is 0 Å². The fourth-order valence-corrected chi connectivity index (χ4v) is 1.13. The normalized spacial score (nSPS) is 9.50. The molecule has 1 aromatic rings. The minimum absolute atomic E-state index is 0.0296. The Bertz CT molecular complexity index is 415. The zero-order valence-electron chi connectivity index (χ0n) is 8.64. The van der Waals surface area contributed by atoms with E-state index in [2.05, 4.69) is 16.9 Å². The number of amides is 1. The molecule has 0 spiro atoms. The monoisotopic (exact) mass is 220 g/mol. The number of carbonyl (C=O) groups is 2. The number of carboxylic acid groups (broad SMARTS) is 1. The number of allylic oxidation sites excluding steroid dienone is 1. The van der Waals surface area contributed by atoms with Gasteiger partial charge in [0, 0.05) is 12.6 Å². The second-order valence-electron chi connectivity index (χ2n) is 3.10. The average Bonchev–Trinajstić information content (AvgIpc) is 2.27. The van der Waals surface area contributed by atoms with E-state index >= 15 is 0 Å². The third kappa shape index (κ3) is 3.20. The lowest BCUT2D eigenvalue weighted by Gasteiger charge is -2.06. The standard InChI is InChI=1S/C11H12N2O3/c1-2-3-4-10(14)13-9-7-12-6-5-8(9)11(15)16/h2,5-7H,1,3-4H2,(H,13,14)(H,15,16). The first-order valence-corrected chi connectivity index (χ1v) is 4.73. The molecule has 0 aliphatic carbocycles. The number of rotatable bonds is 5. The fourth-order valence-electron chi connectivity index (χ4n) is 1.13. The van der Waals surface area contributed by atoms with E-state index in [1.165, 1.54) is 18.5 Å². The summed E-state index contributed by atoms with van der Waals surface area (Å²) in [7, 11) is 0. The summed E-state index contributed by atoms with van der Waals surface area (Å²) in [6.45, 7) is 3.50. The molecule has 0 saturated carbocycles. The number of carboxylic acids is 1. The zero-order valence-corrected chi connectivity index (χ0v) is 8.64. The van der Waals surface area contributed by atoms with Gasteiger partial charge >= 0.3 is 5.97 Å². The van der Waals surface area contributed by atoms with Gasteiger partial charge in [0.1, 0.15) is 0 Å². The molecule has 0 atom stereocenters. The Balaban J connectivity index is 2.76. The van der Waals surface area contributed by atoms with Crippen LogP contribution in [-0.4, -0.2) is 22.0 Å². The Labute approximate surface area is 92.8 Å². The van der Waals surface area contributed by atoms with E-state index in [9.17, 15) is 9.59 Å². The average molecular weight is 220 g/mol. The number of nitrogens with zero attached hydrogens (tertiary/aromatic N) is 1. The molecular formula is C11H12N2O3. The van der Waals surface area contributed by atoms with Crippen molar-refractivity contribution in [1.82, 2.24) is 4.98 Å². The lowest BCUT2D eigenvalue weighted by atomic mass is 10.2. The van der Waals surface area contributed by atoms with Gasteiger partial charge in [-0.05, 0) is 12.5 Å². The number of anilines is 1. The molecule has 0 bridgehead atoms. The van der Waals surface area contributed by atoms with E-state index in [1.54, 1.807) is 6.08 Å². The van der Waals surface area contributed by atoms with Crippen LogP contribution in [0.3, 0.4) is 0 Å². The summed E-state index contributed by atoms with van der Waals surface area (Å²) in [4.78, 5) is 26.0. The summed E-state index contributed by atoms with van der Waals surface area (Å²) < 4.78 is 0. The van der Waals surface area contributed by atoms with Crippen LogP contribution in [0.5, 0.6) is 0 Å². The first kappa shape index (κ1) is 11.9. The Hall–Kier alpha value is -2.17. The van der Waals surface area contributed by atoms with Crippen molar-refractivity contribution in [2.75, 3.05) is 5.32 Å². The highest BCUT2D eigenvalue weighted by molar-refractivity contribution is 6.00. The molecule has 0 aliphatic rings. The minimum Gasteiger partial charge on any atom is -0.478 e. The Morgan fingerprint density at radius 3 is 2.94 bits per heavy atom. The maximum Gasteiger partial charge on any atom is 0.337 e. The van der Waals surface area contributed by atoms with Crippen LogP contribution in [-0.2, 0) is 4.79 Å². The number of pyridine rings is 1. The molecule has 1 rings (SSSR count). The second kappa shape index (κ2) is 5.65. The van der Waals surface area contributed by atoms with E-state index in [1.807, 2.05) is 0 Å². The van der Waals surface area contributed by atoms with Gasteiger partial charge in [0.15, 0.2) is 0 Å². The molecule has 0 saturated heterocycles. The molecule has 0 radical (unpaired) electrons. The van der Waals surface area contributed by atoms with E-state index < -0.39 is 5.97 Å². The number of carbonyl (C=O) groups excluding carboxylic acids is 1. The van der Waals surface area contributed by atoms with Crippen LogP contribution in [0.2, 0.25) is 0 Å². The molecule has 84 valence electrons. The number of aromatic nitrogens is 1. The fraction of sp³-hybridized carbons (Fsp3) is 0.182. The Morgan fingerprint density at radius 2 is 2.31 bits per heavy atom. The maximum absolute atomic E-state index is 11.4. The van der Waals surface area contributed by atoms with Gasteiger partial charge < -0.3 is 10.4 Å². The SMILES string of the molecule is C=CCCC(=O)Nc1cnccc1C(=O)O. The molecule has 16 heavy (non-hydrogen) atoms. The van der Waals surface area contributed by atoms with Gasteiger partial charge in [-0.2, -0.15) is 0 Å². The molecule has 1 heterocycles. The molecule has 5 heteroatoms. The molecule has 0 fully saturated rings. The summed E-state index contributed by atoms with van der Waals surface area (Å²) in [6, 6.07) is 1.34. The van der Waals surface area contributed by atoms with Gasteiger partial charge in [0.25, 0.3) is 0 Å². The molecule has 0 aromatic carbocycles. The van der Waals surface area contributed by atoms with Crippen LogP contribution in [0.4, 0.5) is 5.69 Å². The predicted octanol–water partition coefficient (Wildman–Crippen LogP) is 1.68. The van der Waals surface area contributed by atoms with Crippen molar-refractivity contribution in [2.45, 2.75) is 12.8 Å². The van der Waals surface area contributed by atoms with Gasteiger partial charge in [-0.1, -0.05) is 6.08 Å². The summed E-state index contributed by atoms with van der Waals surface area (Å²) in [5.41, 5.74) is 0.242. The van der Waals surface area contributed by atoms with Crippen LogP contribution in [0.15, 0.2) is 31.1 Å². The molecule has 5 nitrogen and oxygen atoms in total. The zero-order chi connectivity index (χ0) is 12.0. The van der Waals surface area contributed by atoms with E-state index in [0.29, 0.717) is 6.42 Å². The molecule has 2 N–H and O–H groups in total. The van der Waals surface area contributed by atoms with Crippen molar-refractivity contribution in [3.8, 4) is 0 Å². The Kier molecular flexibility index (Phi) is 4.20. The molecular weight excluding hydrogens is 208 g/mol. The number of hydrogen-bond donors (Lipinski definition) is 2. The molecule has 1 amide bonds. The van der Waals surface area contributed by atoms with Crippen molar-refractivity contribution in [2.24, 2.45) is 0 Å². The maximum atomic E-state index is 11.4. The number of hydrogen-bond acceptors (Lipinski definition) is 3. The van der Waals surface area contributed by atoms with Crippen LogP contribution in [0.1, 0.15) is 23.2 Å². The highest BCUT2D eigenvalue weighted by Gasteiger charge is 2.11. The topological polar surface area (TPSA) is 79.3 Å². The third-order valence-electron chi connectivity index (χ3n) is 1.90. The highest BCUT2D eigenvalue weighted by Crippen LogP contribution is 2.13. The minimum atomic E-state index is -1.10. The van der Waals surface area contributed by atoms with E-state index in [-0.39, 0.29) is 23.6 Å². The summed E-state index contributed by atoms with van der Waals surface area (Å²) in [6.07, 6.45) is 5.13. The van der Waals surface area contributed by atoms with Gasteiger partial charge in [0.05, 0.1) is 17.4 Å².